The molecule has 1 N–H and O–H groups in total. The van der Waals surface area contributed by atoms with Crippen LogP contribution in [-0.2, 0) is 24.0 Å². The summed E-state index contributed by atoms with van der Waals surface area (Å²) in [4.78, 5) is 23.6. The first-order valence-corrected chi connectivity index (χ1v) is 11.1. The topological polar surface area (TPSA) is 81.5 Å². The van der Waals surface area contributed by atoms with E-state index in [2.05, 4.69) is 20.2 Å². The largest absolute Gasteiger partial charge is 0.439 e. The normalized spacial score (nSPS) is 13.7. The van der Waals surface area contributed by atoms with Crippen LogP contribution in [0.1, 0.15) is 16.8 Å². The van der Waals surface area contributed by atoms with Gasteiger partial charge in [0.15, 0.2) is 0 Å². The second-order valence-corrected chi connectivity index (χ2v) is 8.32. The van der Waals surface area contributed by atoms with Crippen molar-refractivity contribution in [1.82, 2.24) is 19.4 Å². The Labute approximate surface area is 204 Å². The molecule has 0 radical (unpaired) electrons. The Morgan fingerprint density at radius 1 is 1.11 bits per heavy atom. The van der Waals surface area contributed by atoms with Crippen LogP contribution in [0, 0.1) is 0 Å². The van der Waals surface area contributed by atoms with Crippen LogP contribution in [0.25, 0.3) is 10.9 Å². The van der Waals surface area contributed by atoms with Gasteiger partial charge < -0.3 is 14.8 Å². The molecule has 0 saturated heterocycles. The van der Waals surface area contributed by atoms with Crippen molar-refractivity contribution in [3.05, 3.63) is 77.9 Å². The summed E-state index contributed by atoms with van der Waals surface area (Å²) in [5.41, 5.74) is 1.62. The van der Waals surface area contributed by atoms with Gasteiger partial charge in [-0.2, -0.15) is 13.2 Å². The third kappa shape index (κ3) is 4.88. The number of nitrogens with zero attached hydrogens (tertiary/aromatic N) is 4. The molecule has 186 valence electrons. The maximum Gasteiger partial charge on any atom is 0.416 e. The number of amides is 1. The van der Waals surface area contributed by atoms with E-state index >= 15 is 0 Å². The van der Waals surface area contributed by atoms with E-state index in [1.807, 2.05) is 0 Å². The summed E-state index contributed by atoms with van der Waals surface area (Å²) < 4.78 is 51.5. The van der Waals surface area contributed by atoms with E-state index in [-0.39, 0.29) is 5.69 Å². The van der Waals surface area contributed by atoms with Crippen molar-refractivity contribution < 1.29 is 27.4 Å². The van der Waals surface area contributed by atoms with Gasteiger partial charge in [-0.3, -0.25) is 9.47 Å². The van der Waals surface area contributed by atoms with E-state index in [1.54, 1.807) is 37.6 Å². The van der Waals surface area contributed by atoms with Crippen molar-refractivity contribution in [1.29, 1.82) is 0 Å². The lowest BCUT2D eigenvalue weighted by Gasteiger charge is -2.13. The number of carbonyl (C=O) groups is 1. The summed E-state index contributed by atoms with van der Waals surface area (Å²) in [6.07, 6.45) is -1.47. The number of fused-ring (bicyclic) bond motifs is 2. The number of alkyl halides is 3. The quantitative estimate of drug-likeness (QED) is 0.390. The third-order valence-corrected chi connectivity index (χ3v) is 5.90. The van der Waals surface area contributed by atoms with Crippen LogP contribution in [0.15, 0.2) is 61.1 Å². The highest BCUT2D eigenvalue weighted by molar-refractivity contribution is 5.98. The average molecular weight is 497 g/mol. The molecule has 3 heterocycles. The molecule has 0 bridgehead atoms. The van der Waals surface area contributed by atoms with Crippen molar-refractivity contribution in [3.8, 4) is 11.6 Å². The van der Waals surface area contributed by atoms with Gasteiger partial charge in [-0.05, 0) is 42.5 Å². The smallest absolute Gasteiger partial charge is 0.416 e. The summed E-state index contributed by atoms with van der Waals surface area (Å²) in [7, 11) is 1.66. The van der Waals surface area contributed by atoms with Gasteiger partial charge in [-0.1, -0.05) is 6.07 Å². The second-order valence-electron chi connectivity index (χ2n) is 8.32. The van der Waals surface area contributed by atoms with Crippen LogP contribution in [0.5, 0.6) is 11.6 Å². The zero-order chi connectivity index (χ0) is 25.3. The lowest BCUT2D eigenvalue weighted by Crippen LogP contribution is -2.21. The van der Waals surface area contributed by atoms with Crippen LogP contribution >= 0.6 is 0 Å². The molecule has 1 amide bonds. The van der Waals surface area contributed by atoms with Crippen molar-refractivity contribution in [2.24, 2.45) is 0 Å². The van der Waals surface area contributed by atoms with E-state index in [0.29, 0.717) is 36.8 Å². The molecule has 0 unspecified atom stereocenters. The molecular formula is C25H22F3N5O3. The molecule has 2 aromatic heterocycles. The highest BCUT2D eigenvalue weighted by Gasteiger charge is 2.30. The Kier molecular flexibility index (Phi) is 6.33. The number of benzene rings is 2. The fraction of sp³-hybridized carbons (Fsp3) is 0.240. The summed E-state index contributed by atoms with van der Waals surface area (Å²) >= 11 is 0. The highest BCUT2D eigenvalue weighted by Crippen LogP contribution is 2.33. The number of aromatic nitrogens is 3. The second kappa shape index (κ2) is 9.59. The molecule has 4 aromatic rings. The molecule has 1 aliphatic rings. The molecule has 2 aromatic carbocycles. The Morgan fingerprint density at radius 3 is 2.78 bits per heavy atom. The molecule has 0 atom stereocenters. The maximum absolute atomic E-state index is 13.0. The zero-order valence-corrected chi connectivity index (χ0v) is 19.2. The fourth-order valence-corrected chi connectivity index (χ4v) is 4.11. The van der Waals surface area contributed by atoms with Crippen molar-refractivity contribution in [2.45, 2.75) is 19.3 Å². The summed E-state index contributed by atoms with van der Waals surface area (Å²) in [6.45, 7) is 2.74. The summed E-state index contributed by atoms with van der Waals surface area (Å²) in [6, 6.07) is 10.8. The number of carbonyl (C=O) groups excluding carboxylic acids is 1. The van der Waals surface area contributed by atoms with Gasteiger partial charge in [-0.15, -0.1) is 0 Å². The van der Waals surface area contributed by atoms with Crippen molar-refractivity contribution in [2.75, 3.05) is 25.6 Å². The van der Waals surface area contributed by atoms with Crippen LogP contribution in [0.3, 0.4) is 0 Å². The van der Waals surface area contributed by atoms with E-state index in [1.165, 1.54) is 23.0 Å². The van der Waals surface area contributed by atoms with E-state index in [4.69, 9.17) is 9.47 Å². The van der Waals surface area contributed by atoms with Crippen LogP contribution in [0.2, 0.25) is 0 Å². The molecular weight excluding hydrogens is 475 g/mol. The number of methoxy groups -OCH3 is 1. The zero-order valence-electron chi connectivity index (χ0n) is 19.2. The first-order valence-electron chi connectivity index (χ1n) is 11.1. The highest BCUT2D eigenvalue weighted by atomic mass is 19.4. The number of halogens is 3. The van der Waals surface area contributed by atoms with Gasteiger partial charge in [-0.25, -0.2) is 14.8 Å². The van der Waals surface area contributed by atoms with Crippen LogP contribution in [0.4, 0.5) is 23.7 Å². The first-order chi connectivity index (χ1) is 17.3. The Balaban J connectivity index is 1.33. The molecule has 36 heavy (non-hydrogen) atoms. The third-order valence-electron chi connectivity index (χ3n) is 5.90. The Morgan fingerprint density at radius 2 is 1.97 bits per heavy atom. The van der Waals surface area contributed by atoms with Crippen LogP contribution in [-0.4, -0.2) is 45.7 Å². The number of anilines is 1. The van der Waals surface area contributed by atoms with Gasteiger partial charge in [0, 0.05) is 44.0 Å². The standard InChI is InChI=1S/C25H22F3N5O3/c1-35-10-9-32-13-20-21(14-32)29-15-30-23(20)36-19-5-6-22-16(11-19)7-8-33(22)24(34)31-18-4-2-3-17(12-18)25(26,27)28/h2-8,11-12,15H,9-10,13-14H2,1H3,(H,31,34). The van der Waals surface area contributed by atoms with Gasteiger partial charge in [0.25, 0.3) is 0 Å². The van der Waals surface area contributed by atoms with E-state index < -0.39 is 17.8 Å². The molecule has 0 spiro atoms. The average Bonchev–Trinajstić information content (AvgIpc) is 3.47. The number of nitrogens with one attached hydrogen (secondary N) is 1. The Hall–Kier alpha value is -3.96. The van der Waals surface area contributed by atoms with Crippen LogP contribution < -0.4 is 10.1 Å². The van der Waals surface area contributed by atoms with Gasteiger partial charge in [0.1, 0.15) is 12.1 Å². The molecule has 0 fully saturated rings. The first kappa shape index (κ1) is 23.8. The predicted molar refractivity (Wildman–Crippen MR) is 126 cm³/mol. The van der Waals surface area contributed by atoms with Gasteiger partial charge >= 0.3 is 12.2 Å². The number of hydrogen-bond acceptors (Lipinski definition) is 6. The van der Waals surface area contributed by atoms with Gasteiger partial charge in [0.05, 0.1) is 28.9 Å². The monoisotopic (exact) mass is 497 g/mol. The minimum atomic E-state index is -4.50. The molecule has 5 rings (SSSR count). The number of ether oxygens (including phenoxy) is 2. The predicted octanol–water partition coefficient (Wildman–Crippen LogP) is 5.28. The fourth-order valence-electron chi connectivity index (χ4n) is 4.11. The minimum Gasteiger partial charge on any atom is -0.439 e. The molecule has 0 saturated carbocycles. The maximum atomic E-state index is 13.0. The molecule has 0 aliphatic carbocycles. The van der Waals surface area contributed by atoms with E-state index in [9.17, 15) is 18.0 Å². The molecule has 8 nitrogen and oxygen atoms in total. The number of rotatable bonds is 6. The minimum absolute atomic E-state index is 0.0498. The number of hydrogen-bond donors (Lipinski definition) is 1. The van der Waals surface area contributed by atoms with Crippen molar-refractivity contribution in [3.63, 3.8) is 0 Å². The van der Waals surface area contributed by atoms with Gasteiger partial charge in [0.2, 0.25) is 5.88 Å². The molecule has 11 heteroatoms. The lowest BCUT2D eigenvalue weighted by molar-refractivity contribution is -0.137. The summed E-state index contributed by atoms with van der Waals surface area (Å²) in [5.74, 6) is 1.01. The lowest BCUT2D eigenvalue weighted by atomic mass is 10.2. The van der Waals surface area contributed by atoms with E-state index in [0.717, 1.165) is 35.3 Å². The molecule has 1 aliphatic heterocycles. The SMILES string of the molecule is COCCN1Cc2ncnc(Oc3ccc4c(ccn4C(=O)Nc4cccc(C(F)(F)F)c4)c3)c2C1. The summed E-state index contributed by atoms with van der Waals surface area (Å²) in [5, 5.41) is 3.23. The van der Waals surface area contributed by atoms with Crippen molar-refractivity contribution >= 4 is 22.6 Å². The Bertz CT molecular complexity index is 1420.